The summed E-state index contributed by atoms with van der Waals surface area (Å²) in [7, 11) is 0. The normalized spacial score (nSPS) is 16.2. The van der Waals surface area contributed by atoms with Gasteiger partial charge < -0.3 is 10.2 Å². The molecule has 27 heavy (non-hydrogen) atoms. The van der Waals surface area contributed by atoms with Crippen LogP contribution in [0.1, 0.15) is 55.2 Å². The van der Waals surface area contributed by atoms with E-state index in [0.29, 0.717) is 0 Å². The van der Waals surface area contributed by atoms with Crippen molar-refractivity contribution < 1.29 is 4.79 Å². The van der Waals surface area contributed by atoms with Gasteiger partial charge in [0, 0.05) is 30.4 Å². The van der Waals surface area contributed by atoms with Crippen molar-refractivity contribution in [2.75, 3.05) is 18.0 Å². The van der Waals surface area contributed by atoms with Gasteiger partial charge in [-0.1, -0.05) is 31.2 Å². The summed E-state index contributed by atoms with van der Waals surface area (Å²) in [6.45, 7) is 9.83. The Kier molecular flexibility index (Phi) is 6.09. The average Bonchev–Trinajstić information content (AvgIpc) is 2.67. The molecule has 5 nitrogen and oxygen atoms in total. The van der Waals surface area contributed by atoms with E-state index in [4.69, 9.17) is 0 Å². The van der Waals surface area contributed by atoms with Crippen LogP contribution in [0.3, 0.4) is 0 Å². The Labute approximate surface area is 162 Å². The van der Waals surface area contributed by atoms with Crippen LogP contribution >= 0.6 is 0 Å². The van der Waals surface area contributed by atoms with Gasteiger partial charge in [0.05, 0.1) is 6.04 Å². The van der Waals surface area contributed by atoms with Crippen molar-refractivity contribution in [3.05, 3.63) is 52.8 Å². The highest BCUT2D eigenvalue weighted by atomic mass is 16.1. The van der Waals surface area contributed by atoms with Crippen LogP contribution in [-0.4, -0.2) is 29.0 Å². The molecule has 2 heterocycles. The SMILES string of the molecule is CCc1ccc(C(C)NC(=O)C2CCN(c3nc(C)cc(C)n3)CC2)cc1. The highest BCUT2D eigenvalue weighted by molar-refractivity contribution is 5.79. The molecule has 1 amide bonds. The lowest BCUT2D eigenvalue weighted by molar-refractivity contribution is -0.126. The highest BCUT2D eigenvalue weighted by Crippen LogP contribution is 2.23. The van der Waals surface area contributed by atoms with Crippen LogP contribution in [0.5, 0.6) is 0 Å². The Bertz CT molecular complexity index is 759. The van der Waals surface area contributed by atoms with Crippen molar-refractivity contribution in [1.82, 2.24) is 15.3 Å². The summed E-state index contributed by atoms with van der Waals surface area (Å²) in [5.41, 5.74) is 4.44. The molecule has 1 aromatic carbocycles. The quantitative estimate of drug-likeness (QED) is 0.875. The van der Waals surface area contributed by atoms with Crippen molar-refractivity contribution in [2.45, 2.75) is 53.0 Å². The Morgan fingerprint density at radius 2 is 1.74 bits per heavy atom. The summed E-state index contributed by atoms with van der Waals surface area (Å²) in [5.74, 6) is 1.00. The van der Waals surface area contributed by atoms with E-state index < -0.39 is 0 Å². The third-order valence-corrected chi connectivity index (χ3v) is 5.37. The summed E-state index contributed by atoms with van der Waals surface area (Å²) >= 11 is 0. The van der Waals surface area contributed by atoms with Gasteiger partial charge in [0.2, 0.25) is 11.9 Å². The molecule has 1 fully saturated rings. The first kappa shape index (κ1) is 19.3. The fourth-order valence-electron chi connectivity index (χ4n) is 3.65. The maximum atomic E-state index is 12.7. The standard InChI is InChI=1S/C22H30N4O/c1-5-18-6-8-19(9-7-18)17(4)25-21(27)20-10-12-26(13-11-20)22-23-15(2)14-16(3)24-22/h6-9,14,17,20H,5,10-13H2,1-4H3,(H,25,27). The lowest BCUT2D eigenvalue weighted by atomic mass is 9.95. The van der Waals surface area contributed by atoms with Crippen molar-refractivity contribution in [1.29, 1.82) is 0 Å². The van der Waals surface area contributed by atoms with Crippen LogP contribution in [0, 0.1) is 19.8 Å². The van der Waals surface area contributed by atoms with Crippen LogP contribution in [0.4, 0.5) is 5.95 Å². The third-order valence-electron chi connectivity index (χ3n) is 5.37. The topological polar surface area (TPSA) is 58.1 Å². The van der Waals surface area contributed by atoms with Crippen LogP contribution in [0.2, 0.25) is 0 Å². The minimum Gasteiger partial charge on any atom is -0.349 e. The van der Waals surface area contributed by atoms with Gasteiger partial charge in [0.25, 0.3) is 0 Å². The number of nitrogens with zero attached hydrogens (tertiary/aromatic N) is 3. The molecule has 1 unspecified atom stereocenters. The van der Waals surface area contributed by atoms with Crippen molar-refractivity contribution >= 4 is 11.9 Å². The lowest BCUT2D eigenvalue weighted by Crippen LogP contribution is -2.41. The summed E-state index contributed by atoms with van der Waals surface area (Å²) in [4.78, 5) is 24.0. The van der Waals surface area contributed by atoms with Crippen LogP contribution < -0.4 is 10.2 Å². The smallest absolute Gasteiger partial charge is 0.225 e. The van der Waals surface area contributed by atoms with Gasteiger partial charge >= 0.3 is 0 Å². The van der Waals surface area contributed by atoms with Gasteiger partial charge in [-0.25, -0.2) is 9.97 Å². The molecule has 144 valence electrons. The first-order chi connectivity index (χ1) is 13.0. The molecule has 1 aliphatic heterocycles. The molecule has 3 rings (SSSR count). The molecular formula is C22H30N4O. The Balaban J connectivity index is 1.54. The lowest BCUT2D eigenvalue weighted by Gasteiger charge is -2.32. The van der Waals surface area contributed by atoms with E-state index in [1.54, 1.807) is 0 Å². The third kappa shape index (κ3) is 4.85. The van der Waals surface area contributed by atoms with Gasteiger partial charge in [-0.05, 0) is 57.2 Å². The molecule has 0 bridgehead atoms. The average molecular weight is 367 g/mol. The minimum atomic E-state index is 0.0317. The Morgan fingerprint density at radius 1 is 1.15 bits per heavy atom. The van der Waals surface area contributed by atoms with Crippen LogP contribution in [0.15, 0.2) is 30.3 Å². The molecule has 0 aliphatic carbocycles. The second-order valence-corrected chi connectivity index (χ2v) is 7.54. The molecule has 0 saturated carbocycles. The molecular weight excluding hydrogens is 336 g/mol. The zero-order valence-corrected chi connectivity index (χ0v) is 16.8. The number of rotatable bonds is 5. The van der Waals surface area contributed by atoms with E-state index in [0.717, 1.165) is 55.3 Å². The summed E-state index contributed by atoms with van der Waals surface area (Å²) in [6, 6.07) is 10.5. The summed E-state index contributed by atoms with van der Waals surface area (Å²) < 4.78 is 0. The van der Waals surface area contributed by atoms with Crippen molar-refractivity contribution in [2.24, 2.45) is 5.92 Å². The van der Waals surface area contributed by atoms with Crippen molar-refractivity contribution in [3.8, 4) is 0 Å². The number of anilines is 1. The molecule has 1 N–H and O–H groups in total. The minimum absolute atomic E-state index is 0.0317. The van der Waals surface area contributed by atoms with E-state index in [-0.39, 0.29) is 17.9 Å². The first-order valence-corrected chi connectivity index (χ1v) is 9.92. The van der Waals surface area contributed by atoms with E-state index in [9.17, 15) is 4.79 Å². The first-order valence-electron chi connectivity index (χ1n) is 9.92. The molecule has 2 aromatic rings. The number of aryl methyl sites for hydroxylation is 3. The van der Waals surface area contributed by atoms with E-state index in [1.807, 2.05) is 19.9 Å². The molecule has 1 atom stereocenters. The largest absolute Gasteiger partial charge is 0.349 e. The predicted molar refractivity (Wildman–Crippen MR) is 109 cm³/mol. The van der Waals surface area contributed by atoms with E-state index >= 15 is 0 Å². The highest BCUT2D eigenvalue weighted by Gasteiger charge is 2.27. The van der Waals surface area contributed by atoms with E-state index in [2.05, 4.69) is 58.3 Å². The zero-order chi connectivity index (χ0) is 19.4. The Morgan fingerprint density at radius 3 is 2.30 bits per heavy atom. The number of aromatic nitrogens is 2. The van der Waals surface area contributed by atoms with Crippen LogP contribution in [0.25, 0.3) is 0 Å². The summed E-state index contributed by atoms with van der Waals surface area (Å²) in [6.07, 6.45) is 2.71. The molecule has 1 aliphatic rings. The number of piperidine rings is 1. The fraction of sp³-hybridized carbons (Fsp3) is 0.500. The fourth-order valence-corrected chi connectivity index (χ4v) is 3.65. The maximum absolute atomic E-state index is 12.7. The number of benzene rings is 1. The van der Waals surface area contributed by atoms with Gasteiger partial charge in [0.15, 0.2) is 0 Å². The van der Waals surface area contributed by atoms with Crippen LogP contribution in [-0.2, 0) is 11.2 Å². The number of hydrogen-bond donors (Lipinski definition) is 1. The molecule has 0 radical (unpaired) electrons. The number of nitrogens with one attached hydrogen (secondary N) is 1. The molecule has 5 heteroatoms. The zero-order valence-electron chi connectivity index (χ0n) is 16.8. The van der Waals surface area contributed by atoms with Gasteiger partial charge in [-0.2, -0.15) is 0 Å². The molecule has 1 aromatic heterocycles. The maximum Gasteiger partial charge on any atom is 0.225 e. The number of carbonyl (C=O) groups excluding carboxylic acids is 1. The second kappa shape index (κ2) is 8.51. The molecule has 0 spiro atoms. The number of carbonyl (C=O) groups is 1. The second-order valence-electron chi connectivity index (χ2n) is 7.54. The number of hydrogen-bond acceptors (Lipinski definition) is 4. The summed E-state index contributed by atoms with van der Waals surface area (Å²) in [5, 5.41) is 3.19. The molecule has 1 saturated heterocycles. The van der Waals surface area contributed by atoms with Crippen molar-refractivity contribution in [3.63, 3.8) is 0 Å². The monoisotopic (exact) mass is 366 g/mol. The van der Waals surface area contributed by atoms with Gasteiger partial charge in [0.1, 0.15) is 0 Å². The van der Waals surface area contributed by atoms with Gasteiger partial charge in [-0.3, -0.25) is 4.79 Å². The van der Waals surface area contributed by atoms with E-state index in [1.165, 1.54) is 5.56 Å². The van der Waals surface area contributed by atoms with Gasteiger partial charge in [-0.15, -0.1) is 0 Å². The predicted octanol–water partition coefficient (Wildman–Crippen LogP) is 3.75. The Hall–Kier alpha value is -2.43. The number of amides is 1.